The van der Waals surface area contributed by atoms with Gasteiger partial charge in [-0.25, -0.2) is 0 Å². The van der Waals surface area contributed by atoms with Crippen LogP contribution in [0.25, 0.3) is 0 Å². The maximum absolute atomic E-state index is 6.11. The van der Waals surface area contributed by atoms with Crippen LogP contribution < -0.4 is 15.4 Å². The molecule has 1 heterocycles. The Kier molecular flexibility index (Phi) is 8.38. The second-order valence-electron chi connectivity index (χ2n) is 7.89. The van der Waals surface area contributed by atoms with Crippen LogP contribution in [0.15, 0.2) is 23.2 Å². The number of guanidine groups is 1. The van der Waals surface area contributed by atoms with E-state index in [1.165, 1.54) is 5.56 Å². The van der Waals surface area contributed by atoms with Crippen LogP contribution in [-0.2, 0) is 16.0 Å². The standard InChI is InChI=1S/C21H35N3O3/c1-16-8-9-17(19(13-16)27-21(2,3)4)14-24-20(22-5)23-10-12-25-15-18-7-6-11-26-18/h8-9,13,18H,6-7,10-12,14-15H2,1-5H3,(H2,22,23,24). The third-order valence-electron chi connectivity index (χ3n) is 4.18. The summed E-state index contributed by atoms with van der Waals surface area (Å²) < 4.78 is 17.3. The Morgan fingerprint density at radius 1 is 1.30 bits per heavy atom. The molecule has 2 N–H and O–H groups in total. The largest absolute Gasteiger partial charge is 0.488 e. The molecular weight excluding hydrogens is 342 g/mol. The summed E-state index contributed by atoms with van der Waals surface area (Å²) in [5, 5.41) is 6.62. The summed E-state index contributed by atoms with van der Waals surface area (Å²) in [6.07, 6.45) is 2.51. The zero-order chi connectivity index (χ0) is 19.7. The van der Waals surface area contributed by atoms with E-state index in [2.05, 4.69) is 61.5 Å². The smallest absolute Gasteiger partial charge is 0.191 e. The van der Waals surface area contributed by atoms with Gasteiger partial charge in [0.1, 0.15) is 11.4 Å². The molecule has 2 rings (SSSR count). The van der Waals surface area contributed by atoms with Crippen molar-refractivity contribution in [3.8, 4) is 5.75 Å². The summed E-state index contributed by atoms with van der Waals surface area (Å²) >= 11 is 0. The van der Waals surface area contributed by atoms with Crippen molar-refractivity contribution in [2.75, 3.05) is 33.4 Å². The van der Waals surface area contributed by atoms with Gasteiger partial charge in [-0.2, -0.15) is 0 Å². The van der Waals surface area contributed by atoms with Crippen molar-refractivity contribution in [2.45, 2.75) is 58.8 Å². The topological polar surface area (TPSA) is 64.1 Å². The molecule has 6 heteroatoms. The highest BCUT2D eigenvalue weighted by Crippen LogP contribution is 2.24. The van der Waals surface area contributed by atoms with Gasteiger partial charge in [-0.1, -0.05) is 12.1 Å². The van der Waals surface area contributed by atoms with Crippen LogP contribution in [0.5, 0.6) is 5.75 Å². The summed E-state index contributed by atoms with van der Waals surface area (Å²) in [6, 6.07) is 6.28. The van der Waals surface area contributed by atoms with Gasteiger partial charge in [0, 0.05) is 32.3 Å². The van der Waals surface area contributed by atoms with Crippen molar-refractivity contribution >= 4 is 5.96 Å². The molecule has 152 valence electrons. The first-order valence-electron chi connectivity index (χ1n) is 9.80. The Labute approximate surface area is 163 Å². The fourth-order valence-corrected chi connectivity index (χ4v) is 2.86. The van der Waals surface area contributed by atoms with E-state index in [4.69, 9.17) is 14.2 Å². The van der Waals surface area contributed by atoms with Crippen molar-refractivity contribution in [2.24, 2.45) is 4.99 Å². The predicted molar refractivity (Wildman–Crippen MR) is 110 cm³/mol. The fourth-order valence-electron chi connectivity index (χ4n) is 2.86. The fraction of sp³-hybridized carbons (Fsp3) is 0.667. The Morgan fingerprint density at radius 3 is 2.78 bits per heavy atom. The van der Waals surface area contributed by atoms with E-state index in [1.807, 2.05) is 0 Å². The zero-order valence-electron chi connectivity index (χ0n) is 17.4. The molecule has 0 bridgehead atoms. The van der Waals surface area contributed by atoms with Crippen LogP contribution in [0.4, 0.5) is 0 Å². The van der Waals surface area contributed by atoms with E-state index in [9.17, 15) is 0 Å². The van der Waals surface area contributed by atoms with Crippen LogP contribution in [0.1, 0.15) is 44.7 Å². The zero-order valence-corrected chi connectivity index (χ0v) is 17.4. The lowest BCUT2D eigenvalue weighted by molar-refractivity contribution is 0.0191. The van der Waals surface area contributed by atoms with Crippen molar-refractivity contribution in [1.82, 2.24) is 10.6 Å². The molecule has 1 aromatic carbocycles. The second kappa shape index (κ2) is 10.5. The van der Waals surface area contributed by atoms with Crippen LogP contribution in [0, 0.1) is 6.92 Å². The van der Waals surface area contributed by atoms with Gasteiger partial charge in [0.05, 0.1) is 19.3 Å². The van der Waals surface area contributed by atoms with Gasteiger partial charge in [0.25, 0.3) is 0 Å². The number of aryl methyl sites for hydroxylation is 1. The van der Waals surface area contributed by atoms with Crippen molar-refractivity contribution in [3.05, 3.63) is 29.3 Å². The third-order valence-corrected chi connectivity index (χ3v) is 4.18. The molecule has 1 aliphatic heterocycles. The number of benzene rings is 1. The Balaban J connectivity index is 1.76. The van der Waals surface area contributed by atoms with Crippen LogP contribution in [0.2, 0.25) is 0 Å². The second-order valence-corrected chi connectivity index (χ2v) is 7.89. The van der Waals surface area contributed by atoms with Crippen molar-refractivity contribution in [1.29, 1.82) is 0 Å². The van der Waals surface area contributed by atoms with E-state index in [1.54, 1.807) is 7.05 Å². The van der Waals surface area contributed by atoms with Gasteiger partial charge in [0.15, 0.2) is 5.96 Å². The molecule has 0 aliphatic carbocycles. The maximum atomic E-state index is 6.11. The van der Waals surface area contributed by atoms with Crippen molar-refractivity contribution in [3.63, 3.8) is 0 Å². The molecule has 1 unspecified atom stereocenters. The normalized spacial score (nSPS) is 17.8. The van der Waals surface area contributed by atoms with Crippen LogP contribution in [-0.4, -0.2) is 51.1 Å². The van der Waals surface area contributed by atoms with Gasteiger partial charge >= 0.3 is 0 Å². The summed E-state index contributed by atoms with van der Waals surface area (Å²) in [4.78, 5) is 4.27. The molecule has 0 spiro atoms. The Morgan fingerprint density at radius 2 is 2.11 bits per heavy atom. The average Bonchev–Trinajstić information content (AvgIpc) is 3.10. The van der Waals surface area contributed by atoms with Crippen molar-refractivity contribution < 1.29 is 14.2 Å². The summed E-state index contributed by atoms with van der Waals surface area (Å²) in [6.45, 7) is 11.8. The highest BCUT2D eigenvalue weighted by atomic mass is 16.5. The number of aliphatic imine (C=N–C) groups is 1. The van der Waals surface area contributed by atoms with Gasteiger partial charge in [0.2, 0.25) is 0 Å². The molecule has 0 radical (unpaired) electrons. The third kappa shape index (κ3) is 8.18. The summed E-state index contributed by atoms with van der Waals surface area (Å²) in [5.41, 5.74) is 2.06. The van der Waals surface area contributed by atoms with E-state index in [-0.39, 0.29) is 11.7 Å². The molecule has 0 saturated carbocycles. The number of rotatable bonds is 8. The molecule has 1 atom stereocenters. The molecule has 0 amide bonds. The molecule has 1 aliphatic rings. The Bertz CT molecular complexity index is 605. The number of hydrogen-bond donors (Lipinski definition) is 2. The molecule has 1 fully saturated rings. The lowest BCUT2D eigenvalue weighted by atomic mass is 10.1. The SMILES string of the molecule is CN=C(NCCOCC1CCCO1)NCc1ccc(C)cc1OC(C)(C)C. The minimum atomic E-state index is -0.233. The Hall–Kier alpha value is -1.79. The quantitative estimate of drug-likeness (QED) is 0.414. The lowest BCUT2D eigenvalue weighted by Gasteiger charge is -2.24. The minimum absolute atomic E-state index is 0.233. The number of ether oxygens (including phenoxy) is 3. The summed E-state index contributed by atoms with van der Waals surface area (Å²) in [5.74, 6) is 1.66. The average molecular weight is 378 g/mol. The first kappa shape index (κ1) is 21.5. The monoisotopic (exact) mass is 377 g/mol. The molecule has 6 nitrogen and oxygen atoms in total. The highest BCUT2D eigenvalue weighted by molar-refractivity contribution is 5.79. The highest BCUT2D eigenvalue weighted by Gasteiger charge is 2.16. The van der Waals surface area contributed by atoms with Gasteiger partial charge in [-0.05, 0) is 52.2 Å². The lowest BCUT2D eigenvalue weighted by Crippen LogP contribution is -2.39. The number of nitrogens with zero attached hydrogens (tertiary/aromatic N) is 1. The van der Waals surface area contributed by atoms with E-state index >= 15 is 0 Å². The molecule has 27 heavy (non-hydrogen) atoms. The van der Waals surface area contributed by atoms with Gasteiger partial charge in [-0.3, -0.25) is 4.99 Å². The number of hydrogen-bond acceptors (Lipinski definition) is 4. The maximum Gasteiger partial charge on any atom is 0.191 e. The minimum Gasteiger partial charge on any atom is -0.488 e. The van der Waals surface area contributed by atoms with E-state index in [0.717, 1.165) is 36.7 Å². The first-order valence-corrected chi connectivity index (χ1v) is 9.80. The first-order chi connectivity index (χ1) is 12.9. The molecule has 1 aromatic rings. The van der Waals surface area contributed by atoms with E-state index < -0.39 is 0 Å². The van der Waals surface area contributed by atoms with E-state index in [0.29, 0.717) is 26.3 Å². The van der Waals surface area contributed by atoms with Gasteiger partial charge in [-0.15, -0.1) is 0 Å². The van der Waals surface area contributed by atoms with Crippen LogP contribution >= 0.6 is 0 Å². The van der Waals surface area contributed by atoms with Gasteiger partial charge < -0.3 is 24.8 Å². The molecule has 0 aromatic heterocycles. The molecular formula is C21H35N3O3. The predicted octanol–water partition coefficient (Wildman–Crippen LogP) is 3.03. The van der Waals surface area contributed by atoms with Crippen LogP contribution in [0.3, 0.4) is 0 Å². The summed E-state index contributed by atoms with van der Waals surface area (Å²) in [7, 11) is 1.77. The molecule has 1 saturated heterocycles. The number of nitrogens with one attached hydrogen (secondary N) is 2.